The summed E-state index contributed by atoms with van der Waals surface area (Å²) in [6.07, 6.45) is 7.39. The Morgan fingerprint density at radius 1 is 0.958 bits per heavy atom. The van der Waals surface area contributed by atoms with Crippen LogP contribution in [0.5, 0.6) is 5.75 Å². The van der Waals surface area contributed by atoms with Crippen LogP contribution in [0.2, 0.25) is 0 Å². The zero-order valence-electron chi connectivity index (χ0n) is 14.3. The van der Waals surface area contributed by atoms with Gasteiger partial charge >= 0.3 is 0 Å². The lowest BCUT2D eigenvalue weighted by atomic mass is 9.69. The molecule has 0 spiro atoms. The summed E-state index contributed by atoms with van der Waals surface area (Å²) in [6.45, 7) is 2.08. The number of carbonyl (C=O) groups is 1. The molecule has 3 rings (SSSR count). The normalized spacial score (nSPS) is 25.7. The van der Waals surface area contributed by atoms with Gasteiger partial charge in [-0.2, -0.15) is 4.39 Å². The maximum Gasteiger partial charge on any atom is 0.200 e. The molecule has 24 heavy (non-hydrogen) atoms. The fourth-order valence-electron chi connectivity index (χ4n) is 4.46. The summed E-state index contributed by atoms with van der Waals surface area (Å²) < 4.78 is 33.6. The van der Waals surface area contributed by atoms with Crippen molar-refractivity contribution in [3.63, 3.8) is 0 Å². The summed E-state index contributed by atoms with van der Waals surface area (Å²) in [5, 5.41) is 0. The van der Waals surface area contributed by atoms with Crippen molar-refractivity contribution in [1.29, 1.82) is 0 Å². The maximum absolute atomic E-state index is 14.4. The third kappa shape index (κ3) is 3.62. The van der Waals surface area contributed by atoms with Crippen molar-refractivity contribution >= 4 is 5.78 Å². The lowest BCUT2D eigenvalue weighted by Crippen LogP contribution is -2.25. The van der Waals surface area contributed by atoms with Crippen molar-refractivity contribution in [3.05, 3.63) is 29.3 Å². The molecular weight excluding hydrogens is 310 g/mol. The zero-order valence-corrected chi connectivity index (χ0v) is 14.3. The second-order valence-corrected chi connectivity index (χ2v) is 7.20. The lowest BCUT2D eigenvalue weighted by molar-refractivity contribution is -0.121. The average Bonchev–Trinajstić information content (AvgIpc) is 2.60. The highest BCUT2D eigenvalue weighted by molar-refractivity contribution is 5.79. The molecule has 0 amide bonds. The van der Waals surface area contributed by atoms with E-state index in [0.717, 1.165) is 51.4 Å². The summed E-state index contributed by atoms with van der Waals surface area (Å²) in [4.78, 5) is 11.4. The molecule has 0 saturated heterocycles. The van der Waals surface area contributed by atoms with Crippen LogP contribution in [0.3, 0.4) is 0 Å². The van der Waals surface area contributed by atoms with Crippen LogP contribution in [0.1, 0.15) is 69.8 Å². The van der Waals surface area contributed by atoms with Crippen LogP contribution >= 0.6 is 0 Å². The van der Waals surface area contributed by atoms with E-state index in [1.807, 2.05) is 0 Å². The Labute approximate surface area is 142 Å². The molecule has 2 nitrogen and oxygen atoms in total. The second-order valence-electron chi connectivity index (χ2n) is 7.20. The van der Waals surface area contributed by atoms with Crippen molar-refractivity contribution in [2.45, 2.75) is 64.2 Å². The Balaban J connectivity index is 1.62. The predicted molar refractivity (Wildman–Crippen MR) is 89.2 cm³/mol. The average molecular weight is 336 g/mol. The molecule has 2 fully saturated rings. The first-order valence-corrected chi connectivity index (χ1v) is 9.22. The maximum atomic E-state index is 14.4. The second kappa shape index (κ2) is 7.62. The largest absolute Gasteiger partial charge is 0.491 e. The number of halogens is 2. The van der Waals surface area contributed by atoms with E-state index in [1.54, 1.807) is 19.1 Å². The molecule has 2 aliphatic rings. The minimum atomic E-state index is -0.859. The number of rotatable bonds is 4. The quantitative estimate of drug-likeness (QED) is 0.736. The molecule has 2 saturated carbocycles. The van der Waals surface area contributed by atoms with Gasteiger partial charge in [-0.25, -0.2) is 4.39 Å². The van der Waals surface area contributed by atoms with Gasteiger partial charge in [0.25, 0.3) is 0 Å². The number of Topliss-reactive ketones (excluding diaryl/α,β-unsaturated/α-hetero) is 1. The van der Waals surface area contributed by atoms with Gasteiger partial charge in [-0.1, -0.05) is 6.07 Å². The molecular formula is C20H26F2O2. The number of benzene rings is 1. The van der Waals surface area contributed by atoms with Crippen LogP contribution in [-0.4, -0.2) is 12.4 Å². The van der Waals surface area contributed by atoms with E-state index in [-0.39, 0.29) is 11.7 Å². The Bertz CT molecular complexity index is 582. The molecule has 0 aromatic heterocycles. The van der Waals surface area contributed by atoms with Crippen molar-refractivity contribution in [1.82, 2.24) is 0 Å². The number of carbonyl (C=O) groups excluding carboxylic acids is 1. The summed E-state index contributed by atoms with van der Waals surface area (Å²) in [6, 6.07) is 3.24. The minimum Gasteiger partial charge on any atom is -0.491 e. The summed E-state index contributed by atoms with van der Waals surface area (Å²) in [5.41, 5.74) is 0.494. The first-order chi connectivity index (χ1) is 11.6. The van der Waals surface area contributed by atoms with E-state index in [1.165, 1.54) is 0 Å². The van der Waals surface area contributed by atoms with Gasteiger partial charge in [0.15, 0.2) is 11.6 Å². The highest BCUT2D eigenvalue weighted by Gasteiger charge is 2.32. The van der Waals surface area contributed by atoms with Crippen LogP contribution in [0.15, 0.2) is 12.1 Å². The molecule has 132 valence electrons. The summed E-state index contributed by atoms with van der Waals surface area (Å²) in [5.74, 6) is 0.174. The Morgan fingerprint density at radius 2 is 1.58 bits per heavy atom. The van der Waals surface area contributed by atoms with E-state index in [2.05, 4.69) is 0 Å². The standard InChI is InChI=1S/C20H26F2O2/c1-2-24-18-12-11-17(19(21)20(18)22)15-5-3-13(4-6-15)14-7-9-16(23)10-8-14/h11-15H,2-10H2,1H3. The van der Waals surface area contributed by atoms with Crippen molar-refractivity contribution < 1.29 is 18.3 Å². The molecule has 4 heteroatoms. The molecule has 0 unspecified atom stereocenters. The number of hydrogen-bond donors (Lipinski definition) is 0. The summed E-state index contributed by atoms with van der Waals surface area (Å²) >= 11 is 0. The highest BCUT2D eigenvalue weighted by atomic mass is 19.2. The SMILES string of the molecule is CCOc1ccc(C2CCC(C3CCC(=O)CC3)CC2)c(F)c1F. The first-order valence-electron chi connectivity index (χ1n) is 9.22. The van der Waals surface area contributed by atoms with Gasteiger partial charge in [-0.3, -0.25) is 4.79 Å². The Hall–Kier alpha value is -1.45. The predicted octanol–water partition coefficient (Wildman–Crippen LogP) is 5.40. The smallest absolute Gasteiger partial charge is 0.200 e. The molecule has 2 aliphatic carbocycles. The van der Waals surface area contributed by atoms with E-state index in [4.69, 9.17) is 4.74 Å². The number of ketones is 1. The van der Waals surface area contributed by atoms with E-state index >= 15 is 0 Å². The first kappa shape index (κ1) is 17.4. The van der Waals surface area contributed by atoms with Gasteiger partial charge in [0.1, 0.15) is 5.78 Å². The van der Waals surface area contributed by atoms with Gasteiger partial charge in [0, 0.05) is 12.8 Å². The van der Waals surface area contributed by atoms with Crippen LogP contribution in [0, 0.1) is 23.5 Å². The minimum absolute atomic E-state index is 0.000640. The van der Waals surface area contributed by atoms with Crippen LogP contribution in [-0.2, 0) is 4.79 Å². The lowest BCUT2D eigenvalue weighted by Gasteiger charge is -2.35. The third-order valence-corrected chi connectivity index (χ3v) is 5.84. The highest BCUT2D eigenvalue weighted by Crippen LogP contribution is 2.43. The van der Waals surface area contributed by atoms with Gasteiger partial charge in [-0.05, 0) is 74.8 Å². The zero-order chi connectivity index (χ0) is 17.1. The van der Waals surface area contributed by atoms with E-state index < -0.39 is 11.6 Å². The van der Waals surface area contributed by atoms with Crippen LogP contribution in [0.4, 0.5) is 8.78 Å². The van der Waals surface area contributed by atoms with Crippen molar-refractivity contribution in [3.8, 4) is 5.75 Å². The third-order valence-electron chi connectivity index (χ3n) is 5.84. The number of ether oxygens (including phenoxy) is 1. The van der Waals surface area contributed by atoms with Crippen LogP contribution in [0.25, 0.3) is 0 Å². The van der Waals surface area contributed by atoms with E-state index in [9.17, 15) is 13.6 Å². The Morgan fingerprint density at radius 3 is 2.21 bits per heavy atom. The summed E-state index contributed by atoms with van der Waals surface area (Å²) in [7, 11) is 0. The molecule has 0 heterocycles. The molecule has 0 bridgehead atoms. The van der Waals surface area contributed by atoms with Crippen LogP contribution < -0.4 is 4.74 Å². The van der Waals surface area contributed by atoms with Gasteiger partial charge < -0.3 is 4.74 Å². The molecule has 0 atom stereocenters. The number of hydrogen-bond acceptors (Lipinski definition) is 2. The molecule has 1 aromatic rings. The Kier molecular flexibility index (Phi) is 5.52. The fourth-order valence-corrected chi connectivity index (χ4v) is 4.46. The topological polar surface area (TPSA) is 26.3 Å². The molecule has 1 aromatic carbocycles. The van der Waals surface area contributed by atoms with Crippen molar-refractivity contribution in [2.75, 3.05) is 6.61 Å². The van der Waals surface area contributed by atoms with Gasteiger partial charge in [0.05, 0.1) is 6.61 Å². The fraction of sp³-hybridized carbons (Fsp3) is 0.650. The van der Waals surface area contributed by atoms with Gasteiger partial charge in [0.2, 0.25) is 5.82 Å². The van der Waals surface area contributed by atoms with Crippen molar-refractivity contribution in [2.24, 2.45) is 11.8 Å². The monoisotopic (exact) mass is 336 g/mol. The van der Waals surface area contributed by atoms with E-state index in [0.29, 0.717) is 29.8 Å². The molecule has 0 radical (unpaired) electrons. The van der Waals surface area contributed by atoms with Gasteiger partial charge in [-0.15, -0.1) is 0 Å². The molecule has 0 aliphatic heterocycles. The molecule has 0 N–H and O–H groups in total.